The molecule has 0 saturated carbocycles. The van der Waals surface area contributed by atoms with Gasteiger partial charge in [0.25, 0.3) is 0 Å². The van der Waals surface area contributed by atoms with Crippen molar-refractivity contribution in [3.63, 3.8) is 0 Å². The maximum atomic E-state index is 5.08. The summed E-state index contributed by atoms with van der Waals surface area (Å²) in [7, 11) is 3.51. The molecule has 0 aliphatic rings. The van der Waals surface area contributed by atoms with Gasteiger partial charge in [0.2, 0.25) is 0 Å². The van der Waals surface area contributed by atoms with Gasteiger partial charge in [-0.05, 0) is 0 Å². The van der Waals surface area contributed by atoms with Crippen LogP contribution in [0.5, 0.6) is 0 Å². The lowest BCUT2D eigenvalue weighted by molar-refractivity contribution is -0.901. The fraction of sp³-hybridized carbons (Fsp3) is 1.00. The third-order valence-electron chi connectivity index (χ3n) is 2.35. The van der Waals surface area contributed by atoms with Crippen LogP contribution in [-0.4, -0.2) is 53.6 Å². The van der Waals surface area contributed by atoms with Crippen molar-refractivity contribution < 1.29 is 20.1 Å². The number of nitrogens with one attached hydrogen (secondary N) is 1. The first-order chi connectivity index (χ1) is 6.85. The van der Waals surface area contributed by atoms with Crippen molar-refractivity contribution >= 4 is 0 Å². The van der Waals surface area contributed by atoms with Crippen LogP contribution in [0.25, 0.3) is 0 Å². The molecule has 4 heteroatoms. The van der Waals surface area contributed by atoms with Gasteiger partial charge in [0.15, 0.2) is 0 Å². The summed E-state index contributed by atoms with van der Waals surface area (Å²) in [5.74, 6) is 0. The topological polar surface area (TPSA) is 50.5 Å². The number of hydrogen-bond acceptors (Lipinski definition) is 2. The summed E-state index contributed by atoms with van der Waals surface area (Å²) in [6, 6.07) is 0. The minimum absolute atomic E-state index is 0.837. The van der Waals surface area contributed by atoms with Crippen LogP contribution >= 0.6 is 0 Å². The van der Waals surface area contributed by atoms with E-state index in [1.54, 1.807) is 19.1 Å². The standard InChI is InChI=1S/C10H24N2O2/c1-13-9-7-12(8-10-14-2)6-4-3-5-11/h3-11H2,1-2H3/p+2. The molecule has 0 amide bonds. The summed E-state index contributed by atoms with van der Waals surface area (Å²) in [6.07, 6.45) is 2.48. The summed E-state index contributed by atoms with van der Waals surface area (Å²) in [5, 5.41) is 0. The highest BCUT2D eigenvalue weighted by molar-refractivity contribution is 4.36. The fourth-order valence-corrected chi connectivity index (χ4v) is 1.42. The Kier molecular flexibility index (Phi) is 10.8. The van der Waals surface area contributed by atoms with Crippen molar-refractivity contribution in [1.29, 1.82) is 0 Å². The molecule has 4 nitrogen and oxygen atoms in total. The molecular formula is C10H26N2O2+2. The molecule has 86 valence electrons. The zero-order chi connectivity index (χ0) is 10.6. The van der Waals surface area contributed by atoms with E-state index in [0.29, 0.717) is 0 Å². The van der Waals surface area contributed by atoms with E-state index in [1.807, 2.05) is 0 Å². The zero-order valence-electron chi connectivity index (χ0n) is 9.68. The number of unbranched alkanes of at least 4 members (excludes halogenated alkanes) is 1. The van der Waals surface area contributed by atoms with Gasteiger partial charge in [-0.1, -0.05) is 0 Å². The van der Waals surface area contributed by atoms with Gasteiger partial charge in [0.05, 0.1) is 26.3 Å². The van der Waals surface area contributed by atoms with E-state index < -0.39 is 0 Å². The van der Waals surface area contributed by atoms with Gasteiger partial charge in [-0.25, -0.2) is 0 Å². The van der Waals surface area contributed by atoms with Crippen molar-refractivity contribution in [2.24, 2.45) is 0 Å². The average molecular weight is 206 g/mol. The molecule has 0 spiro atoms. The van der Waals surface area contributed by atoms with E-state index in [1.165, 1.54) is 19.4 Å². The van der Waals surface area contributed by atoms with Crippen LogP contribution in [0.4, 0.5) is 0 Å². The molecule has 0 atom stereocenters. The minimum Gasteiger partial charge on any atom is -0.379 e. The van der Waals surface area contributed by atoms with Crippen LogP contribution < -0.4 is 10.6 Å². The molecular weight excluding hydrogens is 180 g/mol. The highest BCUT2D eigenvalue weighted by atomic mass is 16.5. The predicted octanol–water partition coefficient (Wildman–Crippen LogP) is -1.81. The molecule has 0 aliphatic heterocycles. The van der Waals surface area contributed by atoms with Crippen molar-refractivity contribution in [2.45, 2.75) is 12.8 Å². The first-order valence-corrected chi connectivity index (χ1v) is 5.45. The van der Waals surface area contributed by atoms with E-state index in [0.717, 1.165) is 32.8 Å². The highest BCUT2D eigenvalue weighted by Gasteiger charge is 2.06. The molecule has 0 aromatic carbocycles. The van der Waals surface area contributed by atoms with Crippen molar-refractivity contribution in [3.05, 3.63) is 0 Å². The second-order valence-corrected chi connectivity index (χ2v) is 3.55. The van der Waals surface area contributed by atoms with Gasteiger partial charge < -0.3 is 20.1 Å². The summed E-state index contributed by atoms with van der Waals surface area (Å²) < 4.78 is 10.2. The molecule has 0 heterocycles. The molecule has 0 aromatic heterocycles. The Morgan fingerprint density at radius 2 is 1.50 bits per heavy atom. The van der Waals surface area contributed by atoms with E-state index in [2.05, 4.69) is 5.73 Å². The molecule has 0 rings (SSSR count). The van der Waals surface area contributed by atoms with Gasteiger partial charge >= 0.3 is 0 Å². The van der Waals surface area contributed by atoms with Gasteiger partial charge in [-0.2, -0.15) is 0 Å². The molecule has 0 radical (unpaired) electrons. The number of quaternary nitrogens is 2. The van der Waals surface area contributed by atoms with Gasteiger partial charge in [-0.3, -0.25) is 0 Å². The Bertz CT molecular complexity index is 104. The Balaban J connectivity index is 3.49. The van der Waals surface area contributed by atoms with E-state index >= 15 is 0 Å². The molecule has 4 N–H and O–H groups in total. The molecule has 0 unspecified atom stereocenters. The van der Waals surface area contributed by atoms with Crippen LogP contribution in [0.3, 0.4) is 0 Å². The summed E-state index contributed by atoms with van der Waals surface area (Å²) in [6.45, 7) is 6.09. The van der Waals surface area contributed by atoms with Crippen LogP contribution in [0.15, 0.2) is 0 Å². The lowest BCUT2D eigenvalue weighted by atomic mass is 10.3. The SMILES string of the molecule is COCC[NH+](CCCC[NH3+])CCOC. The second-order valence-electron chi connectivity index (χ2n) is 3.55. The lowest BCUT2D eigenvalue weighted by Gasteiger charge is -2.18. The second kappa shape index (κ2) is 10.9. The Hall–Kier alpha value is -0.160. The van der Waals surface area contributed by atoms with E-state index in [4.69, 9.17) is 9.47 Å². The number of hydrogen-bond donors (Lipinski definition) is 2. The molecule has 0 aliphatic carbocycles. The van der Waals surface area contributed by atoms with Crippen LogP contribution in [0.1, 0.15) is 12.8 Å². The third-order valence-corrected chi connectivity index (χ3v) is 2.35. The highest BCUT2D eigenvalue weighted by Crippen LogP contribution is 1.78. The molecule has 0 bridgehead atoms. The predicted molar refractivity (Wildman–Crippen MR) is 56.3 cm³/mol. The van der Waals surface area contributed by atoms with Crippen molar-refractivity contribution in [3.8, 4) is 0 Å². The zero-order valence-corrected chi connectivity index (χ0v) is 9.68. The van der Waals surface area contributed by atoms with Crippen LogP contribution in [0, 0.1) is 0 Å². The summed E-state index contributed by atoms with van der Waals surface area (Å²) >= 11 is 0. The monoisotopic (exact) mass is 206 g/mol. The maximum absolute atomic E-state index is 5.08. The first-order valence-electron chi connectivity index (χ1n) is 5.45. The normalized spacial score (nSPS) is 11.1. The third kappa shape index (κ3) is 8.44. The van der Waals surface area contributed by atoms with E-state index in [-0.39, 0.29) is 0 Å². The molecule has 14 heavy (non-hydrogen) atoms. The smallest absolute Gasteiger partial charge is 0.101 e. The quantitative estimate of drug-likeness (QED) is 0.414. The van der Waals surface area contributed by atoms with Gasteiger partial charge in [0.1, 0.15) is 13.1 Å². The van der Waals surface area contributed by atoms with E-state index in [9.17, 15) is 0 Å². The van der Waals surface area contributed by atoms with Crippen molar-refractivity contribution in [2.75, 3.05) is 53.6 Å². The Labute approximate surface area is 87.4 Å². The van der Waals surface area contributed by atoms with Crippen molar-refractivity contribution in [1.82, 2.24) is 0 Å². The Morgan fingerprint density at radius 3 is 1.93 bits per heavy atom. The fourth-order valence-electron chi connectivity index (χ4n) is 1.42. The minimum atomic E-state index is 0.837. The summed E-state index contributed by atoms with van der Waals surface area (Å²) in [4.78, 5) is 1.57. The molecule has 0 saturated heterocycles. The van der Waals surface area contributed by atoms with Crippen LogP contribution in [0.2, 0.25) is 0 Å². The number of ether oxygens (including phenoxy) is 2. The summed E-state index contributed by atoms with van der Waals surface area (Å²) in [5.41, 5.74) is 3.85. The van der Waals surface area contributed by atoms with Crippen LogP contribution in [-0.2, 0) is 9.47 Å². The first kappa shape index (κ1) is 13.8. The largest absolute Gasteiger partial charge is 0.379 e. The average Bonchev–Trinajstić information content (AvgIpc) is 2.21. The number of methoxy groups -OCH3 is 2. The molecule has 0 fully saturated rings. The number of rotatable bonds is 10. The van der Waals surface area contributed by atoms with Gasteiger partial charge in [-0.15, -0.1) is 0 Å². The molecule has 0 aromatic rings. The lowest BCUT2D eigenvalue weighted by Crippen LogP contribution is -3.13. The van der Waals surface area contributed by atoms with Gasteiger partial charge in [0, 0.05) is 27.1 Å². The Morgan fingerprint density at radius 1 is 0.929 bits per heavy atom. The maximum Gasteiger partial charge on any atom is 0.101 e.